The van der Waals surface area contributed by atoms with Crippen LogP contribution in [0.15, 0.2) is 12.2 Å². The Morgan fingerprint density at radius 3 is 1.68 bits per heavy atom. The van der Waals surface area contributed by atoms with E-state index in [1.807, 2.05) is 16.7 Å². The maximum Gasteiger partial charge on any atom is 0.308 e. The third kappa shape index (κ3) is 25.5. The number of piperidine rings is 1. The monoisotopic (exact) mass is 1300 g/mol. The number of aliphatic carboxylic acids is 3. The zero-order chi connectivity index (χ0) is 69.1. The number of amides is 13. The molecule has 13 amide bonds. The van der Waals surface area contributed by atoms with Gasteiger partial charge in [0.15, 0.2) is 0 Å². The Morgan fingerprint density at radius 2 is 1.12 bits per heavy atom. The number of hydrogen-bond acceptors (Lipinski definition) is 17. The Bertz CT molecular complexity index is 2720. The fourth-order valence-electron chi connectivity index (χ4n) is 10.6. The molecule has 0 aromatic carbocycles. The fraction of sp³-hybridized carbons (Fsp3) is 0.695. The van der Waals surface area contributed by atoms with Crippen LogP contribution in [0.4, 0.5) is 0 Å². The van der Waals surface area contributed by atoms with Crippen molar-refractivity contribution in [2.45, 2.75) is 218 Å². The van der Waals surface area contributed by atoms with Gasteiger partial charge in [0.2, 0.25) is 76.8 Å². The molecule has 33 heteroatoms. The number of primary amides is 1. The van der Waals surface area contributed by atoms with Gasteiger partial charge in [0.1, 0.15) is 54.4 Å². The molecule has 3 heterocycles. The highest BCUT2D eigenvalue weighted by Crippen LogP contribution is 2.24. The third-order valence-corrected chi connectivity index (χ3v) is 15.8. The minimum absolute atomic E-state index is 0.0284. The van der Waals surface area contributed by atoms with Crippen LogP contribution in [-0.2, 0) is 76.7 Å². The van der Waals surface area contributed by atoms with Crippen molar-refractivity contribution >= 4 is 94.7 Å². The molecule has 12 atom stereocenters. The van der Waals surface area contributed by atoms with Crippen molar-refractivity contribution in [3.63, 3.8) is 0 Å². The predicted octanol–water partition coefficient (Wildman–Crippen LogP) is -3.62. The summed E-state index contributed by atoms with van der Waals surface area (Å²) >= 11 is 0. The van der Waals surface area contributed by atoms with Crippen LogP contribution in [0.1, 0.15) is 151 Å². The quantitative estimate of drug-likeness (QED) is 0.0347. The molecule has 0 spiro atoms. The number of fused-ring (bicyclic) bond motifs is 2. The van der Waals surface area contributed by atoms with E-state index in [2.05, 4.69) is 56.4 Å². The first-order valence-corrected chi connectivity index (χ1v) is 31.2. The van der Waals surface area contributed by atoms with Gasteiger partial charge in [-0.3, -0.25) is 76.7 Å². The lowest BCUT2D eigenvalue weighted by atomic mass is 9.96. The fourth-order valence-corrected chi connectivity index (χ4v) is 10.6. The van der Waals surface area contributed by atoms with Gasteiger partial charge in [0.25, 0.3) is 0 Å². The number of nitrogens with one attached hydrogen (secondary N) is 10. The number of unbranched alkanes of at least 4 members (excludes halogenated alkanes) is 5. The van der Waals surface area contributed by atoms with Gasteiger partial charge in [-0.15, -0.1) is 0 Å². The number of nitrogens with two attached hydrogens (primary N) is 2. The lowest BCUT2D eigenvalue weighted by Crippen LogP contribution is -2.66. The summed E-state index contributed by atoms with van der Waals surface area (Å²) in [6.45, 7) is 8.81. The first-order chi connectivity index (χ1) is 43.2. The average molecular weight is 1300 g/mol. The van der Waals surface area contributed by atoms with Gasteiger partial charge in [-0.2, -0.15) is 0 Å². The van der Waals surface area contributed by atoms with Crippen molar-refractivity contribution in [3.05, 3.63) is 12.2 Å². The molecular weight excluding hydrogens is 1210 g/mol. The third-order valence-electron chi connectivity index (χ3n) is 15.8. The molecule has 3 rings (SSSR count). The second kappa shape index (κ2) is 38.2. The summed E-state index contributed by atoms with van der Waals surface area (Å²) in [5.41, 5.74) is 11.7. The number of hydrogen-bond donors (Lipinski definition) is 15. The molecule has 92 heavy (non-hydrogen) atoms. The number of carbonyl (C=O) groups is 16. The number of carbonyl (C=O) groups excluding carboxylic acids is 13. The lowest BCUT2D eigenvalue weighted by Gasteiger charge is -2.39. The summed E-state index contributed by atoms with van der Waals surface area (Å²) in [5, 5.41) is 52.6. The van der Waals surface area contributed by atoms with E-state index in [1.54, 1.807) is 19.9 Å². The van der Waals surface area contributed by atoms with Gasteiger partial charge in [0, 0.05) is 25.6 Å². The smallest absolute Gasteiger partial charge is 0.308 e. The van der Waals surface area contributed by atoms with Gasteiger partial charge < -0.3 is 89.8 Å². The Kier molecular flexibility index (Phi) is 32.1. The van der Waals surface area contributed by atoms with Crippen LogP contribution in [0.3, 0.4) is 0 Å². The molecule has 0 aromatic heterocycles. The molecule has 0 bridgehead atoms. The highest BCUT2D eigenvalue weighted by molar-refractivity contribution is 6.01. The van der Waals surface area contributed by atoms with E-state index in [4.69, 9.17) is 11.5 Å². The van der Waals surface area contributed by atoms with Crippen LogP contribution in [0, 0.1) is 17.8 Å². The van der Waals surface area contributed by atoms with Crippen LogP contribution < -0.4 is 64.6 Å². The molecule has 33 nitrogen and oxygen atoms in total. The van der Waals surface area contributed by atoms with Gasteiger partial charge in [0.05, 0.1) is 44.3 Å². The number of carboxylic acids is 3. The Balaban J connectivity index is 2.16. The molecule has 17 N–H and O–H groups in total. The minimum Gasteiger partial charge on any atom is -0.481 e. The first-order valence-electron chi connectivity index (χ1n) is 31.2. The van der Waals surface area contributed by atoms with E-state index in [-0.39, 0.29) is 51.6 Å². The molecule has 3 aliphatic heterocycles. The highest BCUT2D eigenvalue weighted by Gasteiger charge is 2.45. The van der Waals surface area contributed by atoms with Gasteiger partial charge in [-0.25, -0.2) is 0 Å². The van der Waals surface area contributed by atoms with Crippen LogP contribution in [0.25, 0.3) is 0 Å². The molecule has 0 aliphatic carbocycles. The number of allylic oxidation sites excluding steroid dienone is 1. The minimum atomic E-state index is -2.13. The van der Waals surface area contributed by atoms with Gasteiger partial charge >= 0.3 is 17.9 Å². The van der Waals surface area contributed by atoms with Crippen molar-refractivity contribution in [1.82, 2.24) is 63.0 Å². The largest absolute Gasteiger partial charge is 0.481 e. The van der Waals surface area contributed by atoms with Crippen molar-refractivity contribution in [2.24, 2.45) is 29.2 Å². The maximum absolute atomic E-state index is 15.2. The molecule has 0 aromatic rings. The zero-order valence-corrected chi connectivity index (χ0v) is 53.3. The van der Waals surface area contributed by atoms with E-state index < -0.39 is 205 Å². The summed E-state index contributed by atoms with van der Waals surface area (Å²) in [5.74, 6) is -21.1. The van der Waals surface area contributed by atoms with Crippen LogP contribution >= 0.6 is 0 Å². The zero-order valence-electron chi connectivity index (χ0n) is 53.3. The summed E-state index contributed by atoms with van der Waals surface area (Å²) in [7, 11) is 0. The van der Waals surface area contributed by atoms with E-state index >= 15 is 4.79 Å². The second-order valence-corrected chi connectivity index (χ2v) is 24.3. The van der Waals surface area contributed by atoms with E-state index in [9.17, 15) is 87.2 Å². The van der Waals surface area contributed by atoms with Gasteiger partial charge in [-0.1, -0.05) is 72.0 Å². The molecule has 3 saturated heterocycles. The molecule has 3 aliphatic rings. The highest BCUT2D eigenvalue weighted by atomic mass is 16.4. The van der Waals surface area contributed by atoms with E-state index in [1.165, 1.54) is 18.7 Å². The van der Waals surface area contributed by atoms with E-state index in [0.29, 0.717) is 12.3 Å². The molecule has 514 valence electrons. The van der Waals surface area contributed by atoms with Crippen molar-refractivity contribution in [1.29, 1.82) is 0 Å². The molecule has 0 radical (unpaired) electrons. The standard InChI is InChI=1S/C59H94N14O19/c1-30(2)19-14-12-10-8-9-11-13-15-22-41(75)65-35(25-40(61)74)52(84)71-49-34(7)64-53(85)39-21-18-24-73(39)57(89)46(31(3)4)69-56(88)48(33(6)60)68-43(77)29-63-50(82)36(26-44(78)79)66-42(76)28-62-51(83)37(27-45(80)81)67-55(87)47(32(5)59(91)92)70-54(86)38-20-16-17-23-72(38)58(49)90/h13,15,30-39,46-49H,8-12,14,16-29,60H2,1-7H3,(H2,61,74)(H,62,83)(H,63,82)(H,64,85)(H,65,75)(H,66,76)(H,67,87)(H,68,77)(H,69,88)(H,70,86)(H,71,84)(H,78,79)(H,80,81)(H,91,92)/b15-13+/t32-,33+,34+,35-,36-,37-,38+,39-,46-,47-,48+,49?/m0/s1. The summed E-state index contributed by atoms with van der Waals surface area (Å²) in [6.07, 6.45) is 7.71. The van der Waals surface area contributed by atoms with Crippen LogP contribution in [0.2, 0.25) is 0 Å². The lowest BCUT2D eigenvalue weighted by molar-refractivity contribution is -0.149. The number of carboxylic acid groups (broad SMARTS) is 3. The predicted molar refractivity (Wildman–Crippen MR) is 326 cm³/mol. The summed E-state index contributed by atoms with van der Waals surface area (Å²) < 4.78 is 0. The summed E-state index contributed by atoms with van der Waals surface area (Å²) in [6, 6.07) is -18.3. The molecule has 1 unspecified atom stereocenters. The molecule has 0 saturated carbocycles. The van der Waals surface area contributed by atoms with Crippen molar-refractivity contribution < 1.29 is 92.0 Å². The van der Waals surface area contributed by atoms with Crippen LogP contribution in [0.5, 0.6) is 0 Å². The first kappa shape index (κ1) is 77.5. The van der Waals surface area contributed by atoms with Gasteiger partial charge in [-0.05, 0) is 77.6 Å². The summed E-state index contributed by atoms with van der Waals surface area (Å²) in [4.78, 5) is 219. The van der Waals surface area contributed by atoms with Crippen molar-refractivity contribution in [2.75, 3.05) is 26.2 Å². The topological polar surface area (TPSA) is 513 Å². The van der Waals surface area contributed by atoms with Crippen LogP contribution in [-0.4, -0.2) is 212 Å². The Labute approximate surface area is 533 Å². The normalized spacial score (nSPS) is 25.2. The number of nitrogens with zero attached hydrogens (tertiary/aromatic N) is 2. The van der Waals surface area contributed by atoms with E-state index in [0.717, 1.165) is 50.3 Å². The Hall–Kier alpha value is -8.78. The Morgan fingerprint density at radius 1 is 0.598 bits per heavy atom. The molecule has 3 fully saturated rings. The van der Waals surface area contributed by atoms with Crippen molar-refractivity contribution in [3.8, 4) is 0 Å². The number of rotatable bonds is 23. The average Bonchev–Trinajstić information content (AvgIpc) is 1.26. The second-order valence-electron chi connectivity index (χ2n) is 24.3. The SMILES string of the molecule is CC(C)CCCCCCC/C=C/CC(=O)N[C@@H](CC(N)=O)C(=O)NC1C(=O)N2CCCC[C@@H]2C(=O)N[C@@H]([C@H](C)C(=O)O)C(=O)N[C@@H](CC(=O)O)C(=O)NCC(=O)N[C@@H](CC(=O)O)C(=O)NCC(=O)N[C@H]([C@@H](C)N)C(=O)N[C@@H](C(C)C)C(=O)N2CCC[C@H]2C(=O)N[C@@H]1C. The maximum atomic E-state index is 15.2. The molecular formula is C59H94N14O19.